The van der Waals surface area contributed by atoms with Crippen LogP contribution in [-0.2, 0) is 10.1 Å². The van der Waals surface area contributed by atoms with Gasteiger partial charge in [-0.2, -0.15) is 19.8 Å². The molecule has 3 nitrogen and oxygen atoms in total. The Morgan fingerprint density at radius 1 is 1.38 bits per heavy atom. The summed E-state index contributed by atoms with van der Waals surface area (Å²) in [6, 6.07) is 4.04. The molecule has 0 fully saturated rings. The molecule has 1 unspecified atom stereocenters. The number of hydrogen-bond donors (Lipinski definition) is 1. The lowest BCUT2D eigenvalue weighted by Gasteiger charge is -2.00. The normalized spacial score (nSPS) is 12.8. The standard InChI is InChI=1S/C4H10O3S.C4H4S/c1-3-4(2)8(5,6)7;1-2-4-5-3-1/h4H,3H2,1-2H3,(H,5,6,7);1-4H. The van der Waals surface area contributed by atoms with Gasteiger partial charge < -0.3 is 0 Å². The molecule has 1 aromatic rings. The van der Waals surface area contributed by atoms with Crippen LogP contribution in [0.3, 0.4) is 0 Å². The Hall–Kier alpha value is -0.390. The minimum absolute atomic E-state index is 0.457. The maximum absolute atomic E-state index is 10.1. The van der Waals surface area contributed by atoms with E-state index in [-0.39, 0.29) is 0 Å². The minimum atomic E-state index is -3.75. The summed E-state index contributed by atoms with van der Waals surface area (Å²) < 4.78 is 28.5. The van der Waals surface area contributed by atoms with E-state index in [1.807, 2.05) is 22.9 Å². The molecule has 1 N–H and O–H groups in total. The van der Waals surface area contributed by atoms with E-state index in [4.69, 9.17) is 4.55 Å². The summed E-state index contributed by atoms with van der Waals surface area (Å²) in [6.45, 7) is 3.17. The van der Waals surface area contributed by atoms with Crippen LogP contribution in [0.2, 0.25) is 0 Å². The summed E-state index contributed by atoms with van der Waals surface area (Å²) in [5.74, 6) is 0. The van der Waals surface area contributed by atoms with Crippen molar-refractivity contribution in [3.63, 3.8) is 0 Å². The van der Waals surface area contributed by atoms with E-state index >= 15 is 0 Å². The first kappa shape index (κ1) is 12.6. The zero-order valence-electron chi connectivity index (χ0n) is 7.67. The predicted octanol–water partition coefficient (Wildman–Crippen LogP) is 2.42. The molecule has 1 aromatic heterocycles. The first-order chi connectivity index (χ1) is 5.98. The molecule has 1 atom stereocenters. The van der Waals surface area contributed by atoms with Crippen LogP contribution < -0.4 is 0 Å². The average Bonchev–Trinajstić information content (AvgIpc) is 2.58. The fraction of sp³-hybridized carbons (Fsp3) is 0.500. The van der Waals surface area contributed by atoms with E-state index in [1.165, 1.54) is 6.92 Å². The highest BCUT2D eigenvalue weighted by atomic mass is 32.2. The topological polar surface area (TPSA) is 54.4 Å². The molecule has 0 spiro atoms. The lowest BCUT2D eigenvalue weighted by atomic mass is 10.4. The van der Waals surface area contributed by atoms with Gasteiger partial charge in [0.05, 0.1) is 5.25 Å². The van der Waals surface area contributed by atoms with Crippen LogP contribution in [0, 0.1) is 0 Å². The summed E-state index contributed by atoms with van der Waals surface area (Å²) in [6.07, 6.45) is 0.457. The average molecular weight is 222 g/mol. The highest BCUT2D eigenvalue weighted by molar-refractivity contribution is 7.86. The number of thiophene rings is 1. The van der Waals surface area contributed by atoms with E-state index in [2.05, 4.69) is 0 Å². The van der Waals surface area contributed by atoms with Crippen LogP contribution >= 0.6 is 11.3 Å². The largest absolute Gasteiger partial charge is 0.285 e. The third-order valence-electron chi connectivity index (χ3n) is 1.51. The fourth-order valence-corrected chi connectivity index (χ4v) is 1.31. The van der Waals surface area contributed by atoms with Gasteiger partial charge in [0.25, 0.3) is 10.1 Å². The molecule has 76 valence electrons. The van der Waals surface area contributed by atoms with Crippen LogP contribution in [0.1, 0.15) is 20.3 Å². The van der Waals surface area contributed by atoms with Crippen molar-refractivity contribution in [2.45, 2.75) is 25.5 Å². The fourth-order valence-electron chi connectivity index (χ4n) is 0.437. The van der Waals surface area contributed by atoms with Gasteiger partial charge in [0, 0.05) is 0 Å². The van der Waals surface area contributed by atoms with Gasteiger partial charge in [-0.1, -0.05) is 19.1 Å². The third kappa shape index (κ3) is 6.74. The first-order valence-electron chi connectivity index (χ1n) is 3.92. The van der Waals surface area contributed by atoms with Gasteiger partial charge in [-0.15, -0.1) is 0 Å². The maximum atomic E-state index is 10.1. The molecule has 1 heterocycles. The van der Waals surface area contributed by atoms with Crippen LogP contribution in [0.4, 0.5) is 0 Å². The second-order valence-electron chi connectivity index (χ2n) is 2.53. The van der Waals surface area contributed by atoms with Gasteiger partial charge in [0.1, 0.15) is 0 Å². The lowest BCUT2D eigenvalue weighted by molar-refractivity contribution is 0.468. The van der Waals surface area contributed by atoms with Gasteiger partial charge in [-0.05, 0) is 24.1 Å². The second kappa shape index (κ2) is 6.12. The first-order valence-corrected chi connectivity index (χ1v) is 6.36. The highest BCUT2D eigenvalue weighted by Gasteiger charge is 2.13. The van der Waals surface area contributed by atoms with E-state index in [0.29, 0.717) is 6.42 Å². The molecule has 0 bridgehead atoms. The quantitative estimate of drug-likeness (QED) is 0.782. The summed E-state index contributed by atoms with van der Waals surface area (Å²) in [5.41, 5.74) is 0. The maximum Gasteiger partial charge on any atom is 0.267 e. The van der Waals surface area contributed by atoms with E-state index in [1.54, 1.807) is 18.3 Å². The number of hydrogen-bond acceptors (Lipinski definition) is 3. The van der Waals surface area contributed by atoms with Crippen molar-refractivity contribution >= 4 is 21.5 Å². The molecular formula is C8H14O3S2. The summed E-state index contributed by atoms with van der Waals surface area (Å²) >= 11 is 1.71. The Morgan fingerprint density at radius 3 is 1.92 bits per heavy atom. The molecule has 13 heavy (non-hydrogen) atoms. The van der Waals surface area contributed by atoms with E-state index in [0.717, 1.165) is 0 Å². The SMILES string of the molecule is CCC(C)S(=O)(=O)O.c1ccsc1. The van der Waals surface area contributed by atoms with Crippen molar-refractivity contribution in [1.82, 2.24) is 0 Å². The van der Waals surface area contributed by atoms with Crippen molar-refractivity contribution < 1.29 is 13.0 Å². The van der Waals surface area contributed by atoms with Crippen LogP contribution in [0.25, 0.3) is 0 Å². The smallest absolute Gasteiger partial charge is 0.267 e. The second-order valence-corrected chi connectivity index (χ2v) is 5.18. The molecule has 0 saturated carbocycles. The highest BCUT2D eigenvalue weighted by Crippen LogP contribution is 1.99. The zero-order chi connectivity index (χ0) is 10.3. The number of rotatable bonds is 2. The minimum Gasteiger partial charge on any atom is -0.285 e. The van der Waals surface area contributed by atoms with Crippen molar-refractivity contribution in [3.05, 3.63) is 22.9 Å². The molecule has 0 saturated heterocycles. The Kier molecular flexibility index (Phi) is 5.94. The monoisotopic (exact) mass is 222 g/mol. The Morgan fingerprint density at radius 2 is 1.85 bits per heavy atom. The predicted molar refractivity (Wildman–Crippen MR) is 55.6 cm³/mol. The Bertz CT molecular complexity index is 272. The molecule has 0 amide bonds. The lowest BCUT2D eigenvalue weighted by Crippen LogP contribution is -2.14. The van der Waals surface area contributed by atoms with Crippen molar-refractivity contribution in [1.29, 1.82) is 0 Å². The van der Waals surface area contributed by atoms with Crippen LogP contribution in [0.15, 0.2) is 22.9 Å². The van der Waals surface area contributed by atoms with E-state index in [9.17, 15) is 8.42 Å². The van der Waals surface area contributed by atoms with Gasteiger partial charge in [0.15, 0.2) is 0 Å². The molecule has 5 heteroatoms. The van der Waals surface area contributed by atoms with Crippen LogP contribution in [0.5, 0.6) is 0 Å². The van der Waals surface area contributed by atoms with Crippen LogP contribution in [-0.4, -0.2) is 18.2 Å². The molecule has 0 aliphatic rings. The van der Waals surface area contributed by atoms with Crippen molar-refractivity contribution in [2.24, 2.45) is 0 Å². The Labute approximate surface area is 83.2 Å². The summed E-state index contributed by atoms with van der Waals surface area (Å²) in [4.78, 5) is 0. The zero-order valence-corrected chi connectivity index (χ0v) is 9.31. The van der Waals surface area contributed by atoms with Crippen molar-refractivity contribution in [2.75, 3.05) is 0 Å². The molecule has 0 aromatic carbocycles. The Balaban J connectivity index is 0.000000243. The third-order valence-corrected chi connectivity index (χ3v) is 3.49. The van der Waals surface area contributed by atoms with Gasteiger partial charge in [-0.25, -0.2) is 0 Å². The van der Waals surface area contributed by atoms with Gasteiger partial charge in [-0.3, -0.25) is 4.55 Å². The van der Waals surface area contributed by atoms with Gasteiger partial charge >= 0.3 is 0 Å². The molecule has 1 rings (SSSR count). The van der Waals surface area contributed by atoms with Crippen molar-refractivity contribution in [3.8, 4) is 0 Å². The molecular weight excluding hydrogens is 208 g/mol. The van der Waals surface area contributed by atoms with Gasteiger partial charge in [0.2, 0.25) is 0 Å². The molecule has 0 aliphatic heterocycles. The molecule has 0 aliphatic carbocycles. The summed E-state index contributed by atoms with van der Waals surface area (Å²) in [7, 11) is -3.75. The summed E-state index contributed by atoms with van der Waals surface area (Å²) in [5, 5.41) is 3.46. The molecule has 0 radical (unpaired) electrons. The van der Waals surface area contributed by atoms with E-state index < -0.39 is 15.4 Å².